The summed E-state index contributed by atoms with van der Waals surface area (Å²) in [7, 11) is 1.90. The third-order valence-corrected chi connectivity index (χ3v) is 9.42. The summed E-state index contributed by atoms with van der Waals surface area (Å²) in [5, 5.41) is 35.8. The molecular weight excluding hydrogens is 472 g/mol. The van der Waals surface area contributed by atoms with Gasteiger partial charge in [-0.05, 0) is 116 Å². The topological polar surface area (TPSA) is 84.2 Å². The summed E-state index contributed by atoms with van der Waals surface area (Å²) in [4.78, 5) is 17.3. The Kier molecular flexibility index (Phi) is 7.42. The molecule has 36 heavy (non-hydrogen) atoms. The smallest absolute Gasteiger partial charge is 0.246 e. The molecule has 2 aromatic rings. The zero-order chi connectivity index (χ0) is 25.3. The molecule has 2 aliphatic carbocycles. The molecule has 0 spiro atoms. The van der Waals surface area contributed by atoms with Crippen LogP contribution in [0, 0.1) is 11.8 Å². The number of hydrogen-bond donors (Lipinski definition) is 3. The first-order valence-corrected chi connectivity index (χ1v) is 14.2. The van der Waals surface area contributed by atoms with Crippen LogP contribution >= 0.6 is 11.3 Å². The molecule has 0 bridgehead atoms. The Morgan fingerprint density at radius 3 is 2.75 bits per heavy atom. The number of aromatic hydroxyl groups is 2. The lowest BCUT2D eigenvalue weighted by Crippen LogP contribution is -2.64. The monoisotopic (exact) mass is 510 g/mol. The van der Waals surface area contributed by atoms with Gasteiger partial charge in [0.25, 0.3) is 0 Å². The minimum Gasteiger partial charge on any atom is -0.504 e. The number of aliphatic hydroxyl groups is 1. The number of carbonyl (C=O) groups is 1. The van der Waals surface area contributed by atoms with Crippen LogP contribution in [0.25, 0.3) is 6.08 Å². The first kappa shape index (κ1) is 25.3. The second-order valence-corrected chi connectivity index (χ2v) is 11.8. The third-order valence-electron chi connectivity index (χ3n) is 8.72. The van der Waals surface area contributed by atoms with Crippen LogP contribution in [0.15, 0.2) is 41.1 Å². The number of hydrogen-bond acceptors (Lipinski definition) is 6. The number of benzene rings is 1. The minimum atomic E-state index is -0.765. The maximum absolute atomic E-state index is 12.9. The van der Waals surface area contributed by atoms with Crippen LogP contribution in [0.2, 0.25) is 0 Å². The van der Waals surface area contributed by atoms with E-state index in [9.17, 15) is 20.1 Å². The molecule has 3 fully saturated rings. The maximum atomic E-state index is 12.9. The first-order valence-electron chi connectivity index (χ1n) is 13.3. The highest BCUT2D eigenvalue weighted by atomic mass is 32.1. The molecule has 6 nitrogen and oxygen atoms in total. The number of phenols is 2. The Morgan fingerprint density at radius 2 is 2.03 bits per heavy atom. The number of thiophene rings is 1. The van der Waals surface area contributed by atoms with Crippen molar-refractivity contribution in [3.63, 3.8) is 0 Å². The fourth-order valence-corrected chi connectivity index (χ4v) is 6.98. The van der Waals surface area contributed by atoms with Crippen molar-refractivity contribution >= 4 is 23.3 Å². The van der Waals surface area contributed by atoms with Gasteiger partial charge >= 0.3 is 0 Å². The third kappa shape index (κ3) is 5.48. The van der Waals surface area contributed by atoms with E-state index in [-0.39, 0.29) is 35.4 Å². The normalized spacial score (nSPS) is 28.8. The number of phenolic OH excluding ortho intramolecular Hbond substituents is 2. The highest BCUT2D eigenvalue weighted by molar-refractivity contribution is 7.08. The predicted octanol–water partition coefficient (Wildman–Crippen LogP) is 4.65. The molecular formula is C29H38N2O4S. The molecule has 1 aromatic carbocycles. The number of likely N-dealkylation sites (N-methyl/N-ethyl adjacent to an activating group) is 1. The van der Waals surface area contributed by atoms with Gasteiger partial charge in [-0.25, -0.2) is 0 Å². The van der Waals surface area contributed by atoms with Gasteiger partial charge < -0.3 is 20.2 Å². The molecule has 1 aromatic heterocycles. The Bertz CT molecular complexity index is 1080. The lowest BCUT2D eigenvalue weighted by molar-refractivity contribution is -0.157. The van der Waals surface area contributed by atoms with E-state index < -0.39 is 5.60 Å². The number of rotatable bonds is 8. The van der Waals surface area contributed by atoms with E-state index in [0.29, 0.717) is 6.42 Å². The van der Waals surface area contributed by atoms with E-state index in [2.05, 4.69) is 4.90 Å². The summed E-state index contributed by atoms with van der Waals surface area (Å²) in [5.74, 6) is 0.740. The molecule has 5 rings (SSSR count). The van der Waals surface area contributed by atoms with Crippen LogP contribution in [0.5, 0.6) is 11.5 Å². The lowest BCUT2D eigenvalue weighted by Gasteiger charge is -2.56. The van der Waals surface area contributed by atoms with Crippen LogP contribution in [0.4, 0.5) is 0 Å². The summed E-state index contributed by atoms with van der Waals surface area (Å²) >= 11 is 1.62. The quantitative estimate of drug-likeness (QED) is 0.356. The minimum absolute atomic E-state index is 0.0199. The van der Waals surface area contributed by atoms with Gasteiger partial charge in [0.15, 0.2) is 11.5 Å². The Hall–Kier alpha value is -2.35. The molecule has 2 saturated carbocycles. The van der Waals surface area contributed by atoms with Crippen molar-refractivity contribution in [3.8, 4) is 11.5 Å². The van der Waals surface area contributed by atoms with E-state index >= 15 is 0 Å². The van der Waals surface area contributed by atoms with Crippen LogP contribution in [-0.4, -0.2) is 68.8 Å². The van der Waals surface area contributed by atoms with Crippen LogP contribution in [-0.2, 0) is 11.2 Å². The van der Waals surface area contributed by atoms with Crippen molar-refractivity contribution in [3.05, 3.63) is 52.2 Å². The number of aryl methyl sites for hydroxylation is 1. The lowest BCUT2D eigenvalue weighted by atomic mass is 9.64. The molecule has 7 heteroatoms. The number of carbonyl (C=O) groups excluding carboxylic acids is 1. The molecule has 2 heterocycles. The SMILES string of the molecule is CN(C(=O)/C=C/c1ccsc1)C1CCC2(O)C(CCN(CC3CC3)[C@@H]2CCc2ccc(O)c(O)c2)C1. The zero-order valence-electron chi connectivity index (χ0n) is 21.1. The molecule has 3 unspecified atom stereocenters. The van der Waals surface area contributed by atoms with Gasteiger partial charge in [-0.3, -0.25) is 9.69 Å². The Labute approximate surface area is 217 Å². The molecule has 3 N–H and O–H groups in total. The van der Waals surface area contributed by atoms with Crippen LogP contribution in [0.3, 0.4) is 0 Å². The number of fused-ring (bicyclic) bond motifs is 1. The van der Waals surface area contributed by atoms with Gasteiger partial charge in [-0.1, -0.05) is 6.07 Å². The second kappa shape index (κ2) is 10.6. The van der Waals surface area contributed by atoms with Gasteiger partial charge in [0, 0.05) is 31.8 Å². The largest absolute Gasteiger partial charge is 0.504 e. The fraction of sp³-hybridized carbons (Fsp3) is 0.552. The summed E-state index contributed by atoms with van der Waals surface area (Å²) in [6, 6.07) is 7.23. The first-order chi connectivity index (χ1) is 17.3. The molecule has 194 valence electrons. The molecule has 0 radical (unpaired) electrons. The van der Waals surface area contributed by atoms with Crippen LogP contribution < -0.4 is 0 Å². The molecule has 3 aliphatic rings. The number of amides is 1. The van der Waals surface area contributed by atoms with Crippen molar-refractivity contribution in [2.24, 2.45) is 11.8 Å². The van der Waals surface area contributed by atoms with Crippen molar-refractivity contribution in [1.82, 2.24) is 9.80 Å². The number of piperidine rings is 1. The standard InChI is InChI=1S/C29H38N2O4S/c1-30(28(34)9-6-22-12-15-36-19-22)24-10-13-29(35)23(17-24)11-14-31(18-21-2-3-21)27(29)8-5-20-4-7-25(32)26(33)16-20/h4,6-7,9,12,15-16,19,21,23-24,27,32-33,35H,2-3,5,8,10-11,13-14,17-18H2,1H3/b9-6+/t23?,24?,27-,29?/m1/s1. The van der Waals surface area contributed by atoms with Gasteiger partial charge in [0.1, 0.15) is 0 Å². The van der Waals surface area contributed by atoms with E-state index in [0.717, 1.165) is 62.2 Å². The molecule has 1 amide bonds. The number of nitrogens with zero attached hydrogens (tertiary/aromatic N) is 2. The average Bonchev–Trinajstić information content (AvgIpc) is 3.53. The van der Waals surface area contributed by atoms with E-state index in [1.54, 1.807) is 23.5 Å². The highest BCUT2D eigenvalue weighted by Crippen LogP contribution is 2.47. The summed E-state index contributed by atoms with van der Waals surface area (Å²) in [6.07, 6.45) is 10.9. The second-order valence-electron chi connectivity index (χ2n) is 11.1. The molecule has 4 atom stereocenters. The van der Waals surface area contributed by atoms with E-state index in [1.807, 2.05) is 40.9 Å². The van der Waals surface area contributed by atoms with E-state index in [1.165, 1.54) is 18.9 Å². The summed E-state index contributed by atoms with van der Waals surface area (Å²) in [5.41, 5.74) is 1.25. The van der Waals surface area contributed by atoms with Crippen LogP contribution in [0.1, 0.15) is 56.1 Å². The zero-order valence-corrected chi connectivity index (χ0v) is 21.9. The van der Waals surface area contributed by atoms with Crippen molar-refractivity contribution in [2.75, 3.05) is 20.1 Å². The van der Waals surface area contributed by atoms with Gasteiger partial charge in [-0.2, -0.15) is 11.3 Å². The molecule has 1 aliphatic heterocycles. The predicted molar refractivity (Wildman–Crippen MR) is 143 cm³/mol. The van der Waals surface area contributed by atoms with Crippen molar-refractivity contribution in [1.29, 1.82) is 0 Å². The summed E-state index contributed by atoms with van der Waals surface area (Å²) < 4.78 is 0. The van der Waals surface area contributed by atoms with Gasteiger partial charge in [0.2, 0.25) is 5.91 Å². The maximum Gasteiger partial charge on any atom is 0.246 e. The number of likely N-dealkylation sites (tertiary alicyclic amines) is 1. The Morgan fingerprint density at radius 1 is 1.19 bits per heavy atom. The highest BCUT2D eigenvalue weighted by Gasteiger charge is 2.52. The fourth-order valence-electron chi connectivity index (χ4n) is 6.35. The van der Waals surface area contributed by atoms with E-state index in [4.69, 9.17) is 0 Å². The average molecular weight is 511 g/mol. The van der Waals surface area contributed by atoms with Gasteiger partial charge in [-0.15, -0.1) is 0 Å². The van der Waals surface area contributed by atoms with Crippen molar-refractivity contribution in [2.45, 2.75) is 69.1 Å². The Balaban J connectivity index is 1.27. The van der Waals surface area contributed by atoms with Crippen molar-refractivity contribution < 1.29 is 20.1 Å². The molecule has 1 saturated heterocycles. The summed E-state index contributed by atoms with van der Waals surface area (Å²) in [6.45, 7) is 2.03. The van der Waals surface area contributed by atoms with Gasteiger partial charge in [0.05, 0.1) is 5.60 Å².